The first-order valence-electron chi connectivity index (χ1n) is 3.45. The van der Waals surface area contributed by atoms with E-state index in [2.05, 4.69) is 6.92 Å². The summed E-state index contributed by atoms with van der Waals surface area (Å²) in [6, 6.07) is 0. The van der Waals surface area contributed by atoms with Crippen molar-refractivity contribution in [2.45, 2.75) is 13.3 Å². The smallest absolute Gasteiger partial charge is 0.211 e. The molecule has 0 aromatic carbocycles. The minimum absolute atomic E-state index is 0. The van der Waals surface area contributed by atoms with Crippen LogP contribution >= 0.6 is 12.4 Å². The van der Waals surface area contributed by atoms with E-state index in [4.69, 9.17) is 0 Å². The van der Waals surface area contributed by atoms with E-state index in [1.807, 2.05) is 0 Å². The van der Waals surface area contributed by atoms with E-state index in [1.54, 1.807) is 0 Å². The van der Waals surface area contributed by atoms with Crippen LogP contribution in [0.4, 0.5) is 0 Å². The molecule has 0 N–H and O–H groups in total. The number of halogens is 1. The summed E-state index contributed by atoms with van der Waals surface area (Å²) in [6.45, 7) is 3.49. The fourth-order valence-corrected chi connectivity index (χ4v) is 2.16. The summed E-state index contributed by atoms with van der Waals surface area (Å²) in [7, 11) is -2.90. The maximum absolute atomic E-state index is 10.9. The maximum Gasteiger partial charge on any atom is 0.211 e. The number of sulfonamides is 1. The average Bonchev–Trinajstić information content (AvgIpc) is 2.11. The van der Waals surface area contributed by atoms with Gasteiger partial charge in [0.2, 0.25) is 10.0 Å². The van der Waals surface area contributed by atoms with Gasteiger partial charge in [0.25, 0.3) is 0 Å². The molecule has 0 amide bonds. The highest BCUT2D eigenvalue weighted by Crippen LogP contribution is 2.17. The van der Waals surface area contributed by atoms with Crippen molar-refractivity contribution in [1.29, 1.82) is 0 Å². The summed E-state index contributed by atoms with van der Waals surface area (Å²) in [5.41, 5.74) is 0. The summed E-state index contributed by atoms with van der Waals surface area (Å²) in [5.74, 6) is 0.537. The van der Waals surface area contributed by atoms with E-state index in [9.17, 15) is 8.42 Å². The lowest BCUT2D eigenvalue weighted by Crippen LogP contribution is -2.27. The molecule has 0 aromatic heterocycles. The van der Waals surface area contributed by atoms with Crippen LogP contribution in [0.3, 0.4) is 0 Å². The second-order valence-electron chi connectivity index (χ2n) is 3.01. The molecule has 0 bridgehead atoms. The Morgan fingerprint density at radius 1 is 1.45 bits per heavy atom. The summed E-state index contributed by atoms with van der Waals surface area (Å²) in [5, 5.41) is 0. The van der Waals surface area contributed by atoms with Gasteiger partial charge in [-0.2, -0.15) is 0 Å². The minimum Gasteiger partial charge on any atom is -0.213 e. The molecule has 1 rings (SSSR count). The minimum atomic E-state index is -2.90. The fraction of sp³-hybridized carbons (Fsp3) is 1.00. The molecule has 1 atom stereocenters. The zero-order valence-corrected chi connectivity index (χ0v) is 8.41. The van der Waals surface area contributed by atoms with Gasteiger partial charge < -0.3 is 0 Å². The van der Waals surface area contributed by atoms with Crippen LogP contribution in [0, 0.1) is 5.92 Å². The largest absolute Gasteiger partial charge is 0.213 e. The van der Waals surface area contributed by atoms with Crippen molar-refractivity contribution in [2.24, 2.45) is 5.92 Å². The molecule has 68 valence electrons. The second kappa shape index (κ2) is 3.74. The SMILES string of the molecule is CC1CCN(S(C)(=O)=O)C1.Cl. The first kappa shape index (κ1) is 11.2. The van der Waals surface area contributed by atoms with Crippen LogP contribution in [0.25, 0.3) is 0 Å². The van der Waals surface area contributed by atoms with Crippen LogP contribution in [-0.4, -0.2) is 32.1 Å². The molecule has 0 aliphatic carbocycles. The van der Waals surface area contributed by atoms with Crippen LogP contribution < -0.4 is 0 Å². The van der Waals surface area contributed by atoms with Crippen LogP contribution in [0.1, 0.15) is 13.3 Å². The predicted octanol–water partition coefficient (Wildman–Crippen LogP) is 0.710. The topological polar surface area (TPSA) is 37.4 Å². The van der Waals surface area contributed by atoms with Gasteiger partial charge in [-0.25, -0.2) is 12.7 Å². The zero-order chi connectivity index (χ0) is 7.78. The fourth-order valence-electron chi connectivity index (χ4n) is 1.20. The van der Waals surface area contributed by atoms with Crippen molar-refractivity contribution in [3.8, 4) is 0 Å². The quantitative estimate of drug-likeness (QED) is 0.624. The Kier molecular flexibility index (Phi) is 3.80. The lowest BCUT2D eigenvalue weighted by Gasteiger charge is -2.10. The third kappa shape index (κ3) is 2.97. The molecule has 1 unspecified atom stereocenters. The molecule has 1 heterocycles. The molecule has 5 heteroatoms. The Labute approximate surface area is 74.2 Å². The van der Waals surface area contributed by atoms with Crippen LogP contribution in [0.5, 0.6) is 0 Å². The summed E-state index contributed by atoms with van der Waals surface area (Å²) in [6.07, 6.45) is 2.28. The van der Waals surface area contributed by atoms with Gasteiger partial charge in [0, 0.05) is 13.1 Å². The first-order valence-corrected chi connectivity index (χ1v) is 5.30. The van der Waals surface area contributed by atoms with Gasteiger partial charge in [-0.15, -0.1) is 12.4 Å². The van der Waals surface area contributed by atoms with E-state index in [0.717, 1.165) is 6.42 Å². The lowest BCUT2D eigenvalue weighted by molar-refractivity contribution is 0.469. The number of hydrogen-bond acceptors (Lipinski definition) is 2. The molecule has 0 saturated carbocycles. The Bertz CT molecular complexity index is 215. The van der Waals surface area contributed by atoms with Crippen LogP contribution in [0.2, 0.25) is 0 Å². The Morgan fingerprint density at radius 3 is 2.18 bits per heavy atom. The molecule has 1 saturated heterocycles. The number of nitrogens with zero attached hydrogens (tertiary/aromatic N) is 1. The molecule has 3 nitrogen and oxygen atoms in total. The molecular formula is C6H14ClNO2S. The Morgan fingerprint density at radius 2 is 2.00 bits per heavy atom. The molecule has 11 heavy (non-hydrogen) atoms. The van der Waals surface area contributed by atoms with Gasteiger partial charge in [0.1, 0.15) is 0 Å². The molecule has 0 aromatic rings. The van der Waals surface area contributed by atoms with E-state index >= 15 is 0 Å². The van der Waals surface area contributed by atoms with Gasteiger partial charge in [0.05, 0.1) is 6.26 Å². The second-order valence-corrected chi connectivity index (χ2v) is 5.00. The highest BCUT2D eigenvalue weighted by atomic mass is 35.5. The summed E-state index contributed by atoms with van der Waals surface area (Å²) < 4.78 is 23.3. The third-order valence-electron chi connectivity index (χ3n) is 1.86. The molecule has 1 fully saturated rings. The molecular weight excluding hydrogens is 186 g/mol. The highest BCUT2D eigenvalue weighted by Gasteiger charge is 2.25. The third-order valence-corrected chi connectivity index (χ3v) is 3.13. The van der Waals surface area contributed by atoms with E-state index in [-0.39, 0.29) is 12.4 Å². The monoisotopic (exact) mass is 199 g/mol. The maximum atomic E-state index is 10.9. The Hall–Kier alpha value is 0.200. The van der Waals surface area contributed by atoms with Gasteiger partial charge in [-0.3, -0.25) is 0 Å². The first-order chi connectivity index (χ1) is 4.50. The molecule has 1 aliphatic heterocycles. The Balaban J connectivity index is 0.000001000. The molecule has 1 aliphatic rings. The number of rotatable bonds is 1. The van der Waals surface area contributed by atoms with E-state index < -0.39 is 10.0 Å². The van der Waals surface area contributed by atoms with Gasteiger partial charge >= 0.3 is 0 Å². The van der Waals surface area contributed by atoms with Crippen molar-refractivity contribution in [2.75, 3.05) is 19.3 Å². The standard InChI is InChI=1S/C6H13NO2S.ClH/c1-6-3-4-7(5-6)10(2,8)9;/h6H,3-5H2,1-2H3;1H. The number of hydrogen-bond donors (Lipinski definition) is 0. The molecule has 0 radical (unpaired) electrons. The van der Waals surface area contributed by atoms with Crippen molar-refractivity contribution in [3.63, 3.8) is 0 Å². The van der Waals surface area contributed by atoms with Crippen molar-refractivity contribution in [3.05, 3.63) is 0 Å². The normalized spacial score (nSPS) is 26.5. The van der Waals surface area contributed by atoms with E-state index in [1.165, 1.54) is 10.6 Å². The lowest BCUT2D eigenvalue weighted by atomic mass is 10.2. The van der Waals surface area contributed by atoms with E-state index in [0.29, 0.717) is 19.0 Å². The van der Waals surface area contributed by atoms with Crippen molar-refractivity contribution in [1.82, 2.24) is 4.31 Å². The average molecular weight is 200 g/mol. The van der Waals surface area contributed by atoms with Crippen LogP contribution in [-0.2, 0) is 10.0 Å². The predicted molar refractivity (Wildman–Crippen MR) is 47.4 cm³/mol. The van der Waals surface area contributed by atoms with Gasteiger partial charge in [0.15, 0.2) is 0 Å². The van der Waals surface area contributed by atoms with Crippen molar-refractivity contribution >= 4 is 22.4 Å². The molecule has 0 spiro atoms. The zero-order valence-electron chi connectivity index (χ0n) is 6.78. The van der Waals surface area contributed by atoms with Crippen LogP contribution in [0.15, 0.2) is 0 Å². The van der Waals surface area contributed by atoms with Crippen molar-refractivity contribution < 1.29 is 8.42 Å². The van der Waals surface area contributed by atoms with Gasteiger partial charge in [-0.05, 0) is 12.3 Å². The summed E-state index contributed by atoms with van der Waals surface area (Å²) in [4.78, 5) is 0. The highest BCUT2D eigenvalue weighted by molar-refractivity contribution is 7.88. The summed E-state index contributed by atoms with van der Waals surface area (Å²) >= 11 is 0. The van der Waals surface area contributed by atoms with Gasteiger partial charge in [-0.1, -0.05) is 6.92 Å².